The number of nitrogens with one attached hydrogen (secondary N) is 1. The van der Waals surface area contributed by atoms with E-state index in [0.717, 1.165) is 25.3 Å². The van der Waals surface area contributed by atoms with E-state index in [1.165, 1.54) is 12.8 Å². The van der Waals surface area contributed by atoms with Gasteiger partial charge in [0.1, 0.15) is 6.17 Å². The highest BCUT2D eigenvalue weighted by molar-refractivity contribution is 4.84. The quantitative estimate of drug-likeness (QED) is 0.643. The molecule has 1 heterocycles. The van der Waals surface area contributed by atoms with Crippen molar-refractivity contribution in [2.75, 3.05) is 13.1 Å². The summed E-state index contributed by atoms with van der Waals surface area (Å²) in [5, 5.41) is 3.08. The maximum atomic E-state index is 13.2. The monoisotopic (exact) mass is 157 g/mol. The van der Waals surface area contributed by atoms with Crippen LogP contribution >= 0.6 is 0 Å². The summed E-state index contributed by atoms with van der Waals surface area (Å²) in [6.45, 7) is 1.62. The first kappa shape index (κ1) is 7.53. The lowest BCUT2D eigenvalue weighted by atomic mass is 9.91. The third-order valence-electron chi connectivity index (χ3n) is 2.88. The molecule has 0 bridgehead atoms. The summed E-state index contributed by atoms with van der Waals surface area (Å²) in [5.74, 6) is 1.26. The molecule has 1 saturated heterocycles. The Balaban J connectivity index is 1.78. The zero-order valence-corrected chi connectivity index (χ0v) is 6.85. The summed E-state index contributed by atoms with van der Waals surface area (Å²) < 4.78 is 13.2. The smallest absolute Gasteiger partial charge is 0.115 e. The summed E-state index contributed by atoms with van der Waals surface area (Å²) in [4.78, 5) is 0. The molecule has 0 spiro atoms. The molecular formula is C9H16FN. The Morgan fingerprint density at radius 1 is 1.27 bits per heavy atom. The third-order valence-corrected chi connectivity index (χ3v) is 2.88. The van der Waals surface area contributed by atoms with Gasteiger partial charge in [-0.2, -0.15) is 0 Å². The van der Waals surface area contributed by atoms with Crippen LogP contribution in [0.15, 0.2) is 0 Å². The Labute approximate surface area is 67.4 Å². The minimum absolute atomic E-state index is 0.378. The standard InChI is InChI=1S/C9H16FN/c10-9-6-11-4-3-8(9)5-7-1-2-7/h7-9,11H,1-6H2. The van der Waals surface area contributed by atoms with Gasteiger partial charge in [-0.1, -0.05) is 12.8 Å². The molecule has 0 aromatic heterocycles. The molecule has 1 saturated carbocycles. The second-order valence-corrected chi connectivity index (χ2v) is 3.95. The lowest BCUT2D eigenvalue weighted by Gasteiger charge is -2.26. The van der Waals surface area contributed by atoms with Crippen molar-refractivity contribution < 1.29 is 4.39 Å². The molecule has 2 heteroatoms. The summed E-state index contributed by atoms with van der Waals surface area (Å²) in [5.41, 5.74) is 0. The summed E-state index contributed by atoms with van der Waals surface area (Å²) in [7, 11) is 0. The second-order valence-electron chi connectivity index (χ2n) is 3.95. The molecule has 1 N–H and O–H groups in total. The molecule has 1 aliphatic carbocycles. The van der Waals surface area contributed by atoms with Gasteiger partial charge in [-0.25, -0.2) is 4.39 Å². The van der Waals surface area contributed by atoms with E-state index in [1.807, 2.05) is 0 Å². The van der Waals surface area contributed by atoms with E-state index < -0.39 is 6.17 Å². The molecule has 11 heavy (non-hydrogen) atoms. The van der Waals surface area contributed by atoms with Gasteiger partial charge >= 0.3 is 0 Å². The van der Waals surface area contributed by atoms with E-state index >= 15 is 0 Å². The van der Waals surface area contributed by atoms with Gasteiger partial charge in [-0.15, -0.1) is 0 Å². The van der Waals surface area contributed by atoms with Crippen LogP contribution < -0.4 is 5.32 Å². The molecule has 1 aliphatic heterocycles. The molecule has 0 radical (unpaired) electrons. The summed E-state index contributed by atoms with van der Waals surface area (Å²) in [6, 6.07) is 0. The van der Waals surface area contributed by atoms with Crippen LogP contribution in [0.3, 0.4) is 0 Å². The first-order chi connectivity index (χ1) is 5.36. The first-order valence-electron chi connectivity index (χ1n) is 4.71. The lowest BCUT2D eigenvalue weighted by molar-refractivity contribution is 0.166. The molecule has 64 valence electrons. The van der Waals surface area contributed by atoms with E-state index in [0.29, 0.717) is 12.5 Å². The van der Waals surface area contributed by atoms with Crippen molar-refractivity contribution in [3.05, 3.63) is 0 Å². The van der Waals surface area contributed by atoms with Gasteiger partial charge in [0.15, 0.2) is 0 Å². The van der Waals surface area contributed by atoms with Crippen LogP contribution in [0.2, 0.25) is 0 Å². The Morgan fingerprint density at radius 2 is 2.09 bits per heavy atom. The van der Waals surface area contributed by atoms with Gasteiger partial charge in [-0.3, -0.25) is 0 Å². The Morgan fingerprint density at radius 3 is 2.73 bits per heavy atom. The Hall–Kier alpha value is -0.110. The zero-order valence-electron chi connectivity index (χ0n) is 6.85. The van der Waals surface area contributed by atoms with Crippen LogP contribution in [0.1, 0.15) is 25.7 Å². The fraction of sp³-hybridized carbons (Fsp3) is 1.00. The van der Waals surface area contributed by atoms with Crippen molar-refractivity contribution in [3.8, 4) is 0 Å². The molecule has 0 amide bonds. The molecule has 1 nitrogen and oxygen atoms in total. The molecule has 0 aromatic rings. The van der Waals surface area contributed by atoms with Crippen LogP contribution in [0, 0.1) is 11.8 Å². The molecular weight excluding hydrogens is 141 g/mol. The minimum atomic E-state index is -0.565. The van der Waals surface area contributed by atoms with Crippen LogP contribution in [-0.2, 0) is 0 Å². The number of rotatable bonds is 2. The van der Waals surface area contributed by atoms with Crippen molar-refractivity contribution in [3.63, 3.8) is 0 Å². The number of piperidine rings is 1. The van der Waals surface area contributed by atoms with Crippen LogP contribution in [0.4, 0.5) is 4.39 Å². The van der Waals surface area contributed by atoms with Gasteiger partial charge in [0.25, 0.3) is 0 Å². The average molecular weight is 157 g/mol. The predicted molar refractivity (Wildman–Crippen MR) is 43.2 cm³/mol. The molecule has 2 aliphatic rings. The van der Waals surface area contributed by atoms with E-state index in [4.69, 9.17) is 0 Å². The van der Waals surface area contributed by atoms with Gasteiger partial charge in [0.05, 0.1) is 0 Å². The van der Waals surface area contributed by atoms with Gasteiger partial charge < -0.3 is 5.32 Å². The largest absolute Gasteiger partial charge is 0.314 e. The number of hydrogen-bond acceptors (Lipinski definition) is 1. The zero-order chi connectivity index (χ0) is 7.68. The van der Waals surface area contributed by atoms with Gasteiger partial charge in [0.2, 0.25) is 0 Å². The Kier molecular flexibility index (Phi) is 2.12. The maximum Gasteiger partial charge on any atom is 0.115 e. The van der Waals surface area contributed by atoms with Crippen molar-refractivity contribution in [2.24, 2.45) is 11.8 Å². The van der Waals surface area contributed by atoms with Crippen LogP contribution in [-0.4, -0.2) is 19.3 Å². The van der Waals surface area contributed by atoms with Crippen molar-refractivity contribution in [1.29, 1.82) is 0 Å². The van der Waals surface area contributed by atoms with E-state index in [9.17, 15) is 4.39 Å². The lowest BCUT2D eigenvalue weighted by Crippen LogP contribution is -2.38. The highest BCUT2D eigenvalue weighted by Crippen LogP contribution is 2.38. The van der Waals surface area contributed by atoms with Crippen molar-refractivity contribution in [2.45, 2.75) is 31.9 Å². The van der Waals surface area contributed by atoms with Crippen LogP contribution in [0.5, 0.6) is 0 Å². The average Bonchev–Trinajstić information content (AvgIpc) is 2.78. The van der Waals surface area contributed by atoms with E-state index in [2.05, 4.69) is 5.32 Å². The normalized spacial score (nSPS) is 39.0. The number of halogens is 1. The highest BCUT2D eigenvalue weighted by atomic mass is 19.1. The maximum absolute atomic E-state index is 13.2. The van der Waals surface area contributed by atoms with E-state index in [-0.39, 0.29) is 0 Å². The summed E-state index contributed by atoms with van der Waals surface area (Å²) >= 11 is 0. The Bertz CT molecular complexity index is 134. The van der Waals surface area contributed by atoms with Crippen molar-refractivity contribution in [1.82, 2.24) is 5.32 Å². The number of hydrogen-bond donors (Lipinski definition) is 1. The second kappa shape index (κ2) is 3.10. The van der Waals surface area contributed by atoms with Crippen molar-refractivity contribution >= 4 is 0 Å². The van der Waals surface area contributed by atoms with Crippen LogP contribution in [0.25, 0.3) is 0 Å². The molecule has 0 aromatic carbocycles. The first-order valence-corrected chi connectivity index (χ1v) is 4.71. The van der Waals surface area contributed by atoms with Gasteiger partial charge in [-0.05, 0) is 31.2 Å². The summed E-state index contributed by atoms with van der Waals surface area (Å²) in [6.07, 6.45) is 4.36. The molecule has 2 unspecified atom stereocenters. The topological polar surface area (TPSA) is 12.0 Å². The highest BCUT2D eigenvalue weighted by Gasteiger charge is 2.31. The SMILES string of the molecule is FC1CNCCC1CC1CC1. The molecule has 2 atom stereocenters. The molecule has 2 fully saturated rings. The fourth-order valence-corrected chi connectivity index (χ4v) is 1.92. The fourth-order valence-electron chi connectivity index (χ4n) is 1.92. The third kappa shape index (κ3) is 1.92. The van der Waals surface area contributed by atoms with E-state index in [1.54, 1.807) is 0 Å². The van der Waals surface area contributed by atoms with Gasteiger partial charge in [0, 0.05) is 6.54 Å². The predicted octanol–water partition coefficient (Wildman–Crippen LogP) is 1.73. The minimum Gasteiger partial charge on any atom is -0.314 e. The number of alkyl halides is 1. The molecule has 2 rings (SSSR count).